The van der Waals surface area contributed by atoms with Gasteiger partial charge in [-0.05, 0) is 66.9 Å². The Hall–Kier alpha value is -3.87. The van der Waals surface area contributed by atoms with E-state index in [4.69, 9.17) is 11.6 Å². The van der Waals surface area contributed by atoms with Crippen LogP contribution < -0.4 is 9.62 Å². The van der Waals surface area contributed by atoms with Crippen LogP contribution in [0, 0.1) is 0 Å². The molecular weight excluding hydrogens is 731 g/mol. The third-order valence-corrected chi connectivity index (χ3v) is 10.3. The smallest absolute Gasteiger partial charge is 0.352 e. The van der Waals surface area contributed by atoms with Crippen molar-refractivity contribution in [3.8, 4) is 0 Å². The van der Waals surface area contributed by atoms with Crippen molar-refractivity contribution in [2.45, 2.75) is 56.4 Å². The quantitative estimate of drug-likeness (QED) is 0.150. The second-order valence-electron chi connectivity index (χ2n) is 11.2. The molecular formula is C35H34BrClF3N3O4S. The molecule has 0 heterocycles. The fourth-order valence-electron chi connectivity index (χ4n) is 4.89. The highest BCUT2D eigenvalue weighted by molar-refractivity contribution is 9.10. The van der Waals surface area contributed by atoms with Crippen LogP contribution in [0.3, 0.4) is 0 Å². The topological polar surface area (TPSA) is 86.8 Å². The monoisotopic (exact) mass is 763 g/mol. The Labute approximate surface area is 291 Å². The lowest BCUT2D eigenvalue weighted by atomic mass is 10.0. The van der Waals surface area contributed by atoms with Crippen LogP contribution in [0.15, 0.2) is 112 Å². The molecule has 1 N–H and O–H groups in total. The first-order chi connectivity index (χ1) is 22.7. The number of carbonyl (C=O) groups is 2. The Morgan fingerprint density at radius 2 is 1.50 bits per heavy atom. The lowest BCUT2D eigenvalue weighted by Gasteiger charge is -2.34. The number of halogens is 5. The minimum atomic E-state index is -4.83. The summed E-state index contributed by atoms with van der Waals surface area (Å²) in [5.74, 6) is -1.29. The summed E-state index contributed by atoms with van der Waals surface area (Å²) in [6, 6.07) is 24.0. The van der Waals surface area contributed by atoms with Crippen molar-refractivity contribution in [1.29, 1.82) is 0 Å². The average molecular weight is 765 g/mol. The van der Waals surface area contributed by atoms with Crippen molar-refractivity contribution in [3.63, 3.8) is 0 Å². The van der Waals surface area contributed by atoms with E-state index in [9.17, 15) is 31.2 Å². The molecule has 2 atom stereocenters. The summed E-state index contributed by atoms with van der Waals surface area (Å²) in [7, 11) is -4.65. The van der Waals surface area contributed by atoms with E-state index in [0.717, 1.165) is 22.2 Å². The lowest BCUT2D eigenvalue weighted by molar-refractivity contribution is -0.140. The number of alkyl halides is 3. The molecule has 4 aromatic rings. The molecule has 0 unspecified atom stereocenters. The molecule has 48 heavy (non-hydrogen) atoms. The highest BCUT2D eigenvalue weighted by Crippen LogP contribution is 2.37. The fraction of sp³-hybridized carbons (Fsp3) is 0.257. The zero-order chi connectivity index (χ0) is 35.1. The van der Waals surface area contributed by atoms with Crippen molar-refractivity contribution in [2.75, 3.05) is 10.8 Å². The molecule has 4 rings (SSSR count). The van der Waals surface area contributed by atoms with Crippen molar-refractivity contribution in [1.82, 2.24) is 10.2 Å². The summed E-state index contributed by atoms with van der Waals surface area (Å²) in [6.45, 7) is 2.67. The molecule has 0 fully saturated rings. The van der Waals surface area contributed by atoms with Gasteiger partial charge in [0.2, 0.25) is 11.8 Å². The minimum absolute atomic E-state index is 0.0845. The molecule has 2 amide bonds. The van der Waals surface area contributed by atoms with E-state index >= 15 is 0 Å². The highest BCUT2D eigenvalue weighted by atomic mass is 79.9. The molecule has 7 nitrogen and oxygen atoms in total. The number of sulfonamides is 1. The van der Waals surface area contributed by atoms with E-state index in [1.807, 2.05) is 19.9 Å². The maximum atomic E-state index is 14.5. The zero-order valence-corrected chi connectivity index (χ0v) is 29.3. The minimum Gasteiger partial charge on any atom is -0.352 e. The normalized spacial score (nSPS) is 13.0. The molecule has 13 heteroatoms. The molecule has 0 radical (unpaired) electrons. The first kappa shape index (κ1) is 37.0. The third-order valence-electron chi connectivity index (χ3n) is 7.69. The summed E-state index contributed by atoms with van der Waals surface area (Å²) in [6.07, 6.45) is -4.13. The standard InChI is InChI=1S/C35H34BrClF3N3O4S/c1-3-24(2)41-34(45)32(20-25-10-6-4-7-11-25)42(22-26-14-17-28(36)18-15-26)33(44)23-43(48(46,47)29-12-8-5-9-13-29)31-21-27(35(38,39)40)16-19-30(31)37/h4-19,21,24,32H,3,20,22-23H2,1-2H3,(H,41,45)/t24-,32+/m0/s1. The number of hydrogen-bond acceptors (Lipinski definition) is 4. The van der Waals surface area contributed by atoms with Gasteiger partial charge in [-0.1, -0.05) is 95.1 Å². The van der Waals surface area contributed by atoms with Crippen LogP contribution in [0.1, 0.15) is 37.0 Å². The van der Waals surface area contributed by atoms with Crippen LogP contribution in [-0.4, -0.2) is 43.8 Å². The summed E-state index contributed by atoms with van der Waals surface area (Å²) in [5, 5.41) is 2.62. The van der Waals surface area contributed by atoms with Crippen molar-refractivity contribution >= 4 is 55.1 Å². The van der Waals surface area contributed by atoms with Crippen LogP contribution in [-0.2, 0) is 38.8 Å². The molecule has 0 aliphatic carbocycles. The molecule has 4 aromatic carbocycles. The lowest BCUT2D eigenvalue weighted by Crippen LogP contribution is -2.54. The van der Waals surface area contributed by atoms with Gasteiger partial charge < -0.3 is 10.2 Å². The number of anilines is 1. The Morgan fingerprint density at radius 3 is 2.08 bits per heavy atom. The second-order valence-corrected chi connectivity index (χ2v) is 14.3. The third kappa shape index (κ3) is 9.39. The number of benzene rings is 4. The van der Waals surface area contributed by atoms with Gasteiger partial charge in [0.15, 0.2) is 0 Å². The van der Waals surface area contributed by atoms with Crippen molar-refractivity contribution in [3.05, 3.63) is 129 Å². The second kappa shape index (κ2) is 16.0. The van der Waals surface area contributed by atoms with Crippen molar-refractivity contribution < 1.29 is 31.2 Å². The summed E-state index contributed by atoms with van der Waals surface area (Å²) >= 11 is 9.76. The van der Waals surface area contributed by atoms with Gasteiger partial charge in [-0.3, -0.25) is 13.9 Å². The van der Waals surface area contributed by atoms with E-state index in [-0.39, 0.29) is 28.9 Å². The van der Waals surface area contributed by atoms with Crippen LogP contribution in [0.4, 0.5) is 18.9 Å². The van der Waals surface area contributed by atoms with E-state index in [0.29, 0.717) is 22.4 Å². The average Bonchev–Trinajstić information content (AvgIpc) is 3.06. The summed E-state index contributed by atoms with van der Waals surface area (Å²) in [5.41, 5.74) is -0.305. The van der Waals surface area contributed by atoms with Gasteiger partial charge in [-0.15, -0.1) is 0 Å². The number of nitrogens with zero attached hydrogens (tertiary/aromatic N) is 2. The Bertz CT molecular complexity index is 1810. The largest absolute Gasteiger partial charge is 0.416 e. The molecule has 0 aliphatic rings. The van der Waals surface area contributed by atoms with Gasteiger partial charge in [0, 0.05) is 23.5 Å². The van der Waals surface area contributed by atoms with E-state index in [1.165, 1.54) is 29.2 Å². The Morgan fingerprint density at radius 1 is 0.896 bits per heavy atom. The van der Waals surface area contributed by atoms with Gasteiger partial charge in [-0.2, -0.15) is 13.2 Å². The fourth-order valence-corrected chi connectivity index (χ4v) is 6.87. The predicted molar refractivity (Wildman–Crippen MR) is 184 cm³/mol. The Kier molecular flexibility index (Phi) is 12.3. The number of hydrogen-bond donors (Lipinski definition) is 1. The van der Waals surface area contributed by atoms with E-state index in [2.05, 4.69) is 21.2 Å². The Balaban J connectivity index is 1.87. The van der Waals surface area contributed by atoms with Gasteiger partial charge in [-0.25, -0.2) is 8.42 Å². The van der Waals surface area contributed by atoms with E-state index < -0.39 is 51.9 Å². The van der Waals surface area contributed by atoms with Crippen LogP contribution in [0.25, 0.3) is 0 Å². The summed E-state index contributed by atoms with van der Waals surface area (Å²) in [4.78, 5) is 29.4. The molecule has 0 saturated heterocycles. The van der Waals surface area contributed by atoms with Gasteiger partial charge in [0.05, 0.1) is 21.2 Å². The number of rotatable bonds is 13. The summed E-state index contributed by atoms with van der Waals surface area (Å²) < 4.78 is 71.1. The van der Waals surface area contributed by atoms with Crippen LogP contribution >= 0.6 is 27.5 Å². The van der Waals surface area contributed by atoms with Gasteiger partial charge >= 0.3 is 6.18 Å². The first-order valence-corrected chi connectivity index (χ1v) is 17.6. The van der Waals surface area contributed by atoms with Crippen LogP contribution in [0.5, 0.6) is 0 Å². The van der Waals surface area contributed by atoms with Crippen molar-refractivity contribution in [2.24, 2.45) is 0 Å². The first-order valence-electron chi connectivity index (χ1n) is 15.0. The molecule has 0 aromatic heterocycles. The molecule has 0 saturated carbocycles. The molecule has 0 spiro atoms. The maximum Gasteiger partial charge on any atom is 0.416 e. The number of carbonyl (C=O) groups excluding carboxylic acids is 2. The zero-order valence-electron chi connectivity index (χ0n) is 26.1. The number of amides is 2. The molecule has 254 valence electrons. The maximum absolute atomic E-state index is 14.5. The van der Waals surface area contributed by atoms with Gasteiger partial charge in [0.1, 0.15) is 12.6 Å². The molecule has 0 bridgehead atoms. The number of nitrogens with one attached hydrogen (secondary N) is 1. The van der Waals surface area contributed by atoms with E-state index in [1.54, 1.807) is 54.6 Å². The predicted octanol–water partition coefficient (Wildman–Crippen LogP) is 7.87. The van der Waals surface area contributed by atoms with Gasteiger partial charge in [0.25, 0.3) is 10.0 Å². The highest BCUT2D eigenvalue weighted by Gasteiger charge is 2.37. The SMILES string of the molecule is CC[C@H](C)NC(=O)[C@@H](Cc1ccccc1)N(Cc1ccc(Br)cc1)C(=O)CN(c1cc(C(F)(F)F)ccc1Cl)S(=O)(=O)c1ccccc1. The van der Waals surface area contributed by atoms with Crippen LogP contribution in [0.2, 0.25) is 5.02 Å². The molecule has 0 aliphatic heterocycles.